The topological polar surface area (TPSA) is 45.6 Å². The second kappa shape index (κ2) is 7.52. The first kappa shape index (κ1) is 16.7. The van der Waals surface area contributed by atoms with E-state index in [2.05, 4.69) is 67.6 Å². The third kappa shape index (κ3) is 4.93. The molecule has 0 aromatic heterocycles. The van der Waals surface area contributed by atoms with Crippen molar-refractivity contribution in [1.82, 2.24) is 10.6 Å². The molecule has 1 aromatic carbocycles. The van der Waals surface area contributed by atoms with Gasteiger partial charge in [0.25, 0.3) is 0 Å². The average Bonchev–Trinajstić information content (AvgIpc) is 2.52. The lowest BCUT2D eigenvalue weighted by Crippen LogP contribution is -2.45. The monoisotopic (exact) mass is 303 g/mol. The van der Waals surface area contributed by atoms with Gasteiger partial charge in [0.2, 0.25) is 0 Å². The van der Waals surface area contributed by atoms with Crippen molar-refractivity contribution in [3.8, 4) is 5.75 Å². The van der Waals surface area contributed by atoms with E-state index in [1.807, 2.05) is 0 Å². The number of nitrogens with one attached hydrogen (secondary N) is 2. The zero-order valence-corrected chi connectivity index (χ0v) is 14.3. The summed E-state index contributed by atoms with van der Waals surface area (Å²) in [4.78, 5) is 4.46. The van der Waals surface area contributed by atoms with Crippen LogP contribution in [0.1, 0.15) is 39.7 Å². The molecule has 1 aliphatic rings. The molecule has 1 aromatic rings. The number of aliphatic imine (C=N–C) groups is 1. The first-order valence-corrected chi connectivity index (χ1v) is 8.23. The van der Waals surface area contributed by atoms with Gasteiger partial charge in [-0.3, -0.25) is 4.99 Å². The van der Waals surface area contributed by atoms with Gasteiger partial charge in [0.15, 0.2) is 5.96 Å². The molecule has 1 heterocycles. The Hall–Kier alpha value is -1.71. The van der Waals surface area contributed by atoms with E-state index >= 15 is 0 Å². The molecule has 0 saturated carbocycles. The van der Waals surface area contributed by atoms with Crippen molar-refractivity contribution in [3.63, 3.8) is 0 Å². The Labute approximate surface area is 134 Å². The molecule has 122 valence electrons. The van der Waals surface area contributed by atoms with Gasteiger partial charge in [-0.2, -0.15) is 0 Å². The smallest absolute Gasteiger partial charge is 0.191 e. The number of guanidine groups is 1. The van der Waals surface area contributed by atoms with Gasteiger partial charge in [-0.25, -0.2) is 0 Å². The molecular formula is C18H29N3O. The fourth-order valence-corrected chi connectivity index (χ4v) is 2.32. The van der Waals surface area contributed by atoms with E-state index in [4.69, 9.17) is 4.74 Å². The summed E-state index contributed by atoms with van der Waals surface area (Å²) in [6.45, 7) is 12.3. The maximum atomic E-state index is 5.75. The number of rotatable bonds is 6. The predicted octanol–water partition coefficient (Wildman–Crippen LogP) is 2.94. The van der Waals surface area contributed by atoms with Crippen LogP contribution in [0.5, 0.6) is 5.75 Å². The minimum absolute atomic E-state index is 0.0399. The SMILES string of the molecule is CC(C)COc1ccc(C(C)(C)CNC2=NCCCN2)cc1. The molecule has 0 amide bonds. The van der Waals surface area contributed by atoms with Gasteiger partial charge >= 0.3 is 0 Å². The Kier molecular flexibility index (Phi) is 5.69. The van der Waals surface area contributed by atoms with E-state index in [1.165, 1.54) is 5.56 Å². The van der Waals surface area contributed by atoms with Crippen molar-refractivity contribution in [2.24, 2.45) is 10.9 Å². The third-order valence-electron chi connectivity index (χ3n) is 3.81. The van der Waals surface area contributed by atoms with Crippen LogP contribution in [-0.2, 0) is 5.41 Å². The minimum atomic E-state index is 0.0399. The van der Waals surface area contributed by atoms with E-state index in [1.54, 1.807) is 0 Å². The fourth-order valence-electron chi connectivity index (χ4n) is 2.32. The van der Waals surface area contributed by atoms with Gasteiger partial charge in [0, 0.05) is 25.0 Å². The number of hydrogen-bond donors (Lipinski definition) is 2. The summed E-state index contributed by atoms with van der Waals surface area (Å²) in [5.74, 6) is 2.42. The second-order valence-corrected chi connectivity index (χ2v) is 6.98. The van der Waals surface area contributed by atoms with Crippen molar-refractivity contribution in [2.45, 2.75) is 39.5 Å². The normalized spacial score (nSPS) is 15.2. The number of benzene rings is 1. The van der Waals surface area contributed by atoms with Crippen LogP contribution in [0.15, 0.2) is 29.3 Å². The molecule has 1 aliphatic heterocycles. The van der Waals surface area contributed by atoms with E-state index in [0.717, 1.165) is 44.4 Å². The molecule has 0 unspecified atom stereocenters. The highest BCUT2D eigenvalue weighted by molar-refractivity contribution is 5.80. The first-order chi connectivity index (χ1) is 10.5. The number of hydrogen-bond acceptors (Lipinski definition) is 4. The van der Waals surface area contributed by atoms with Crippen LogP contribution in [0.4, 0.5) is 0 Å². The average molecular weight is 303 g/mol. The molecule has 0 aliphatic carbocycles. The lowest BCUT2D eigenvalue weighted by molar-refractivity contribution is 0.271. The summed E-state index contributed by atoms with van der Waals surface area (Å²) in [6, 6.07) is 8.45. The maximum absolute atomic E-state index is 5.75. The molecule has 0 bridgehead atoms. The highest BCUT2D eigenvalue weighted by atomic mass is 16.5. The van der Waals surface area contributed by atoms with E-state index in [9.17, 15) is 0 Å². The standard InChI is InChI=1S/C18H29N3O/c1-14(2)12-22-16-8-6-15(7-9-16)18(3,4)13-21-17-19-10-5-11-20-17/h6-9,14H,5,10-13H2,1-4H3,(H2,19,20,21). The second-order valence-electron chi connectivity index (χ2n) is 6.98. The van der Waals surface area contributed by atoms with Crippen molar-refractivity contribution in [3.05, 3.63) is 29.8 Å². The summed E-state index contributed by atoms with van der Waals surface area (Å²) in [5, 5.41) is 6.72. The van der Waals surface area contributed by atoms with Crippen molar-refractivity contribution in [2.75, 3.05) is 26.2 Å². The summed E-state index contributed by atoms with van der Waals surface area (Å²) < 4.78 is 5.75. The van der Waals surface area contributed by atoms with Crippen LogP contribution < -0.4 is 15.4 Å². The first-order valence-electron chi connectivity index (χ1n) is 8.23. The molecule has 4 heteroatoms. The molecule has 0 saturated heterocycles. The van der Waals surface area contributed by atoms with E-state index < -0.39 is 0 Å². The molecule has 0 radical (unpaired) electrons. The Morgan fingerprint density at radius 1 is 1.27 bits per heavy atom. The van der Waals surface area contributed by atoms with Crippen LogP contribution in [0.2, 0.25) is 0 Å². The summed E-state index contributed by atoms with van der Waals surface area (Å²) >= 11 is 0. The van der Waals surface area contributed by atoms with Crippen LogP contribution in [0, 0.1) is 5.92 Å². The van der Waals surface area contributed by atoms with Crippen molar-refractivity contribution in [1.29, 1.82) is 0 Å². The Bertz CT molecular complexity index is 492. The number of ether oxygens (including phenoxy) is 1. The summed E-state index contributed by atoms with van der Waals surface area (Å²) in [5.41, 5.74) is 1.34. The molecule has 0 atom stereocenters. The van der Waals surface area contributed by atoms with Crippen LogP contribution in [0.25, 0.3) is 0 Å². The molecule has 0 spiro atoms. The molecule has 2 rings (SSSR count). The lowest BCUT2D eigenvalue weighted by Gasteiger charge is -2.27. The zero-order valence-electron chi connectivity index (χ0n) is 14.3. The maximum Gasteiger partial charge on any atom is 0.191 e. The molecule has 22 heavy (non-hydrogen) atoms. The van der Waals surface area contributed by atoms with Gasteiger partial charge in [-0.05, 0) is 30.0 Å². The Balaban J connectivity index is 1.92. The minimum Gasteiger partial charge on any atom is -0.493 e. The van der Waals surface area contributed by atoms with Crippen molar-refractivity contribution >= 4 is 5.96 Å². The van der Waals surface area contributed by atoms with Crippen LogP contribution in [0.3, 0.4) is 0 Å². The van der Waals surface area contributed by atoms with Gasteiger partial charge in [-0.15, -0.1) is 0 Å². The van der Waals surface area contributed by atoms with E-state index in [0.29, 0.717) is 5.92 Å². The predicted molar refractivity (Wildman–Crippen MR) is 92.7 cm³/mol. The van der Waals surface area contributed by atoms with Crippen LogP contribution in [-0.4, -0.2) is 32.2 Å². The number of nitrogens with zero attached hydrogens (tertiary/aromatic N) is 1. The summed E-state index contributed by atoms with van der Waals surface area (Å²) in [6.07, 6.45) is 1.12. The lowest BCUT2D eigenvalue weighted by atomic mass is 9.84. The molecule has 2 N–H and O–H groups in total. The largest absolute Gasteiger partial charge is 0.493 e. The van der Waals surface area contributed by atoms with Crippen LogP contribution >= 0.6 is 0 Å². The fraction of sp³-hybridized carbons (Fsp3) is 0.611. The zero-order chi connectivity index (χ0) is 16.0. The third-order valence-corrected chi connectivity index (χ3v) is 3.81. The highest BCUT2D eigenvalue weighted by Gasteiger charge is 2.21. The summed E-state index contributed by atoms with van der Waals surface area (Å²) in [7, 11) is 0. The van der Waals surface area contributed by atoms with Gasteiger partial charge in [0.05, 0.1) is 6.61 Å². The van der Waals surface area contributed by atoms with Gasteiger partial charge < -0.3 is 15.4 Å². The Morgan fingerprint density at radius 3 is 2.59 bits per heavy atom. The molecular weight excluding hydrogens is 274 g/mol. The molecule has 0 fully saturated rings. The van der Waals surface area contributed by atoms with E-state index in [-0.39, 0.29) is 5.41 Å². The highest BCUT2D eigenvalue weighted by Crippen LogP contribution is 2.24. The van der Waals surface area contributed by atoms with Crippen molar-refractivity contribution < 1.29 is 4.74 Å². The van der Waals surface area contributed by atoms with Gasteiger partial charge in [-0.1, -0.05) is 39.8 Å². The van der Waals surface area contributed by atoms with Gasteiger partial charge in [0.1, 0.15) is 5.75 Å². The molecule has 4 nitrogen and oxygen atoms in total. The quantitative estimate of drug-likeness (QED) is 0.849. The Morgan fingerprint density at radius 2 is 2.00 bits per heavy atom.